The molecule has 1 aliphatic heterocycles. The summed E-state index contributed by atoms with van der Waals surface area (Å²) in [6.45, 7) is 2.09. The Balaban J connectivity index is 2.01. The van der Waals surface area contributed by atoms with Gasteiger partial charge in [0.2, 0.25) is 0 Å². The van der Waals surface area contributed by atoms with Crippen LogP contribution in [0.4, 0.5) is 5.69 Å². The maximum absolute atomic E-state index is 6.11. The summed E-state index contributed by atoms with van der Waals surface area (Å²) < 4.78 is 16.6. The van der Waals surface area contributed by atoms with E-state index in [9.17, 15) is 0 Å². The van der Waals surface area contributed by atoms with Crippen molar-refractivity contribution in [1.29, 1.82) is 0 Å². The molecule has 4 nitrogen and oxygen atoms in total. The van der Waals surface area contributed by atoms with Crippen LogP contribution in [0.15, 0.2) is 47.5 Å². The van der Waals surface area contributed by atoms with Crippen molar-refractivity contribution >= 4 is 11.4 Å². The van der Waals surface area contributed by atoms with E-state index in [0.717, 1.165) is 40.6 Å². The molecular formula is C18H19NO3. The second-order valence-electron chi connectivity index (χ2n) is 5.07. The van der Waals surface area contributed by atoms with E-state index >= 15 is 0 Å². The number of nitrogens with zero attached hydrogens (tertiary/aromatic N) is 1. The molecule has 1 unspecified atom stereocenters. The van der Waals surface area contributed by atoms with E-state index in [0.29, 0.717) is 0 Å². The molecule has 4 heteroatoms. The van der Waals surface area contributed by atoms with Crippen LogP contribution in [0.3, 0.4) is 0 Å². The van der Waals surface area contributed by atoms with Crippen molar-refractivity contribution in [2.75, 3.05) is 14.2 Å². The summed E-state index contributed by atoms with van der Waals surface area (Å²) in [7, 11) is 3.31. The lowest BCUT2D eigenvalue weighted by molar-refractivity contribution is 0.258. The van der Waals surface area contributed by atoms with Gasteiger partial charge in [0, 0.05) is 11.6 Å². The Morgan fingerprint density at radius 3 is 2.32 bits per heavy atom. The third kappa shape index (κ3) is 2.64. The fourth-order valence-electron chi connectivity index (χ4n) is 2.51. The lowest BCUT2D eigenvalue weighted by Crippen LogP contribution is -2.29. The summed E-state index contributed by atoms with van der Waals surface area (Å²) in [5.41, 5.74) is 2.83. The fourth-order valence-corrected chi connectivity index (χ4v) is 2.51. The van der Waals surface area contributed by atoms with Crippen LogP contribution in [-0.4, -0.2) is 26.0 Å². The number of methoxy groups -OCH3 is 2. The van der Waals surface area contributed by atoms with Crippen molar-refractivity contribution in [1.82, 2.24) is 0 Å². The van der Waals surface area contributed by atoms with E-state index in [1.807, 2.05) is 42.5 Å². The Morgan fingerprint density at radius 2 is 1.68 bits per heavy atom. The topological polar surface area (TPSA) is 40.0 Å². The second-order valence-corrected chi connectivity index (χ2v) is 5.07. The van der Waals surface area contributed by atoms with E-state index in [4.69, 9.17) is 19.2 Å². The monoisotopic (exact) mass is 297 g/mol. The van der Waals surface area contributed by atoms with Crippen molar-refractivity contribution in [2.24, 2.45) is 4.99 Å². The zero-order valence-corrected chi connectivity index (χ0v) is 13.0. The van der Waals surface area contributed by atoms with Crippen LogP contribution in [0.25, 0.3) is 0 Å². The predicted octanol–water partition coefficient (Wildman–Crippen LogP) is 4.00. The highest BCUT2D eigenvalue weighted by molar-refractivity contribution is 6.06. The molecule has 0 bridgehead atoms. The van der Waals surface area contributed by atoms with E-state index < -0.39 is 0 Å². The first kappa shape index (κ1) is 14.4. The van der Waals surface area contributed by atoms with Crippen LogP contribution in [-0.2, 0) is 0 Å². The number of hydrogen-bond acceptors (Lipinski definition) is 4. The number of ether oxygens (including phenoxy) is 3. The molecule has 3 rings (SSSR count). The lowest BCUT2D eigenvalue weighted by atomic mass is 10.0. The zero-order chi connectivity index (χ0) is 15.5. The largest absolute Gasteiger partial charge is 0.497 e. The SMILES string of the molecule is CCC1Oc2cc(OC)ccc2N=C1c1ccc(OC)cc1. The van der Waals surface area contributed by atoms with Crippen LogP contribution in [0.2, 0.25) is 0 Å². The lowest BCUT2D eigenvalue weighted by Gasteiger charge is -2.26. The fraction of sp³-hybridized carbons (Fsp3) is 0.278. The maximum Gasteiger partial charge on any atom is 0.149 e. The molecule has 1 atom stereocenters. The van der Waals surface area contributed by atoms with Crippen LogP contribution < -0.4 is 14.2 Å². The van der Waals surface area contributed by atoms with Crippen LogP contribution >= 0.6 is 0 Å². The van der Waals surface area contributed by atoms with Gasteiger partial charge in [-0.15, -0.1) is 0 Å². The number of aliphatic imine (C=N–C) groups is 1. The van der Waals surface area contributed by atoms with Gasteiger partial charge in [-0.05, 0) is 42.8 Å². The number of benzene rings is 2. The van der Waals surface area contributed by atoms with Crippen molar-refractivity contribution in [3.05, 3.63) is 48.0 Å². The standard InChI is InChI=1S/C18H19NO3/c1-4-16-18(12-5-7-13(20-2)8-6-12)19-15-10-9-14(21-3)11-17(15)22-16/h5-11,16H,4H2,1-3H3. The molecule has 1 heterocycles. The first-order valence-corrected chi connectivity index (χ1v) is 7.33. The first-order valence-electron chi connectivity index (χ1n) is 7.33. The average molecular weight is 297 g/mol. The van der Waals surface area contributed by atoms with Gasteiger partial charge in [0.05, 0.1) is 19.9 Å². The van der Waals surface area contributed by atoms with E-state index in [1.54, 1.807) is 14.2 Å². The molecular weight excluding hydrogens is 278 g/mol. The number of hydrogen-bond donors (Lipinski definition) is 0. The summed E-state index contributed by atoms with van der Waals surface area (Å²) in [6.07, 6.45) is 0.787. The summed E-state index contributed by atoms with van der Waals surface area (Å²) >= 11 is 0. The van der Waals surface area contributed by atoms with Gasteiger partial charge >= 0.3 is 0 Å². The molecule has 2 aromatic carbocycles. The van der Waals surface area contributed by atoms with Crippen molar-refractivity contribution < 1.29 is 14.2 Å². The molecule has 1 aliphatic rings. The Labute approximate surface area is 130 Å². The molecule has 114 valence electrons. The van der Waals surface area contributed by atoms with Gasteiger partial charge in [0.15, 0.2) is 0 Å². The highest BCUT2D eigenvalue weighted by Gasteiger charge is 2.24. The molecule has 2 aromatic rings. The van der Waals surface area contributed by atoms with E-state index in [-0.39, 0.29) is 6.10 Å². The molecule has 0 saturated carbocycles. The summed E-state index contributed by atoms with van der Waals surface area (Å²) in [4.78, 5) is 4.79. The molecule has 22 heavy (non-hydrogen) atoms. The normalized spacial score (nSPS) is 16.3. The van der Waals surface area contributed by atoms with Crippen LogP contribution in [0, 0.1) is 0 Å². The van der Waals surface area contributed by atoms with Gasteiger partial charge in [0.25, 0.3) is 0 Å². The Morgan fingerprint density at radius 1 is 1.00 bits per heavy atom. The minimum atomic E-state index is -0.0620. The van der Waals surface area contributed by atoms with E-state index in [2.05, 4.69) is 6.92 Å². The van der Waals surface area contributed by atoms with Crippen molar-refractivity contribution in [3.8, 4) is 17.2 Å². The predicted molar refractivity (Wildman–Crippen MR) is 86.9 cm³/mol. The molecule has 0 radical (unpaired) electrons. The summed E-state index contributed by atoms with van der Waals surface area (Å²) in [5.74, 6) is 2.37. The molecule has 0 aromatic heterocycles. The van der Waals surface area contributed by atoms with Gasteiger partial charge in [0.1, 0.15) is 29.0 Å². The number of fused-ring (bicyclic) bond motifs is 1. The highest BCUT2D eigenvalue weighted by Crippen LogP contribution is 2.37. The summed E-state index contributed by atoms with van der Waals surface area (Å²) in [6, 6.07) is 13.6. The van der Waals surface area contributed by atoms with Crippen molar-refractivity contribution in [3.63, 3.8) is 0 Å². The third-order valence-corrected chi connectivity index (χ3v) is 3.74. The van der Waals surface area contributed by atoms with Gasteiger partial charge in [-0.1, -0.05) is 6.92 Å². The third-order valence-electron chi connectivity index (χ3n) is 3.74. The van der Waals surface area contributed by atoms with Crippen LogP contribution in [0.5, 0.6) is 17.2 Å². The first-order chi connectivity index (χ1) is 10.7. The van der Waals surface area contributed by atoms with Gasteiger partial charge < -0.3 is 14.2 Å². The Hall–Kier alpha value is -2.49. The molecule has 0 spiro atoms. The summed E-state index contributed by atoms with van der Waals surface area (Å²) in [5, 5.41) is 0. The highest BCUT2D eigenvalue weighted by atomic mass is 16.5. The second kappa shape index (κ2) is 6.10. The molecule has 0 saturated heterocycles. The van der Waals surface area contributed by atoms with Crippen molar-refractivity contribution in [2.45, 2.75) is 19.4 Å². The minimum Gasteiger partial charge on any atom is -0.497 e. The Bertz CT molecular complexity index is 692. The Kier molecular flexibility index (Phi) is 4.00. The zero-order valence-electron chi connectivity index (χ0n) is 13.0. The molecule has 0 aliphatic carbocycles. The van der Waals surface area contributed by atoms with Gasteiger partial charge in [-0.3, -0.25) is 0 Å². The maximum atomic E-state index is 6.11. The van der Waals surface area contributed by atoms with Gasteiger partial charge in [-0.25, -0.2) is 4.99 Å². The molecule has 0 N–H and O–H groups in total. The average Bonchev–Trinajstić information content (AvgIpc) is 2.60. The van der Waals surface area contributed by atoms with E-state index in [1.165, 1.54) is 0 Å². The van der Waals surface area contributed by atoms with Gasteiger partial charge in [-0.2, -0.15) is 0 Å². The van der Waals surface area contributed by atoms with Crippen LogP contribution in [0.1, 0.15) is 18.9 Å². The molecule has 0 amide bonds. The smallest absolute Gasteiger partial charge is 0.149 e. The minimum absolute atomic E-state index is 0.0620. The number of rotatable bonds is 4. The molecule has 0 fully saturated rings. The quantitative estimate of drug-likeness (QED) is 0.856.